The van der Waals surface area contributed by atoms with Crippen molar-refractivity contribution in [2.75, 3.05) is 19.8 Å². The summed E-state index contributed by atoms with van der Waals surface area (Å²) < 4.78 is 19.1. The van der Waals surface area contributed by atoms with Gasteiger partial charge in [-0.15, -0.1) is 0 Å². The third-order valence-electron chi connectivity index (χ3n) is 3.24. The summed E-state index contributed by atoms with van der Waals surface area (Å²) in [6.07, 6.45) is 0. The number of benzene rings is 1. The zero-order valence-corrected chi connectivity index (χ0v) is 8.20. The van der Waals surface area contributed by atoms with E-state index in [1.807, 2.05) is 6.07 Å². The van der Waals surface area contributed by atoms with E-state index < -0.39 is 5.54 Å². The monoisotopic (exact) mass is 209 g/mol. The molecule has 2 heterocycles. The van der Waals surface area contributed by atoms with E-state index in [9.17, 15) is 4.39 Å². The Morgan fingerprint density at radius 3 is 3.07 bits per heavy atom. The van der Waals surface area contributed by atoms with Gasteiger partial charge >= 0.3 is 0 Å². The molecule has 0 aliphatic carbocycles. The molecule has 2 aliphatic heterocycles. The van der Waals surface area contributed by atoms with Crippen LogP contribution in [0.15, 0.2) is 24.3 Å². The first kappa shape index (κ1) is 9.27. The summed E-state index contributed by atoms with van der Waals surface area (Å²) in [6, 6.07) is 6.79. The number of halogens is 1. The zero-order valence-electron chi connectivity index (χ0n) is 8.20. The summed E-state index contributed by atoms with van der Waals surface area (Å²) in [4.78, 5) is 5.23. The lowest BCUT2D eigenvalue weighted by Crippen LogP contribution is -2.42. The van der Waals surface area contributed by atoms with Crippen LogP contribution >= 0.6 is 0 Å². The van der Waals surface area contributed by atoms with Gasteiger partial charge in [0.1, 0.15) is 11.4 Å². The van der Waals surface area contributed by atoms with E-state index in [2.05, 4.69) is 5.48 Å². The van der Waals surface area contributed by atoms with Gasteiger partial charge in [-0.2, -0.15) is 5.48 Å². The van der Waals surface area contributed by atoms with Gasteiger partial charge < -0.3 is 9.57 Å². The molecule has 3 nitrogen and oxygen atoms in total. The molecule has 1 aromatic carbocycles. The Labute approximate surface area is 87.1 Å². The standard InChI is InChI=1S/C11H12FNO2/c12-10-4-2-1-3-9(10)11-7-14-5-8(11)6-15-13-11/h1-4,8,13H,5-7H2. The molecule has 0 spiro atoms. The number of hydroxylamine groups is 1. The summed E-state index contributed by atoms with van der Waals surface area (Å²) in [5, 5.41) is 0. The number of hydrogen-bond donors (Lipinski definition) is 1. The van der Waals surface area contributed by atoms with Crippen LogP contribution in [0.25, 0.3) is 0 Å². The van der Waals surface area contributed by atoms with Crippen molar-refractivity contribution in [2.45, 2.75) is 5.54 Å². The third-order valence-corrected chi connectivity index (χ3v) is 3.24. The SMILES string of the molecule is Fc1ccccc1C12COCC1CON2. The van der Waals surface area contributed by atoms with Gasteiger partial charge in [-0.25, -0.2) is 4.39 Å². The summed E-state index contributed by atoms with van der Waals surface area (Å²) >= 11 is 0. The van der Waals surface area contributed by atoms with Gasteiger partial charge in [-0.3, -0.25) is 0 Å². The second-order valence-corrected chi connectivity index (χ2v) is 4.08. The Bertz CT molecular complexity index is 373. The Hall–Kier alpha value is -0.970. The number of ether oxygens (including phenoxy) is 1. The van der Waals surface area contributed by atoms with Crippen molar-refractivity contribution in [1.82, 2.24) is 5.48 Å². The highest BCUT2D eigenvalue weighted by Gasteiger charge is 2.51. The van der Waals surface area contributed by atoms with Gasteiger partial charge in [0.15, 0.2) is 0 Å². The number of hydrogen-bond acceptors (Lipinski definition) is 3. The lowest BCUT2D eigenvalue weighted by Gasteiger charge is -2.26. The smallest absolute Gasteiger partial charge is 0.128 e. The first-order chi connectivity index (χ1) is 7.33. The van der Waals surface area contributed by atoms with E-state index in [0.29, 0.717) is 25.4 Å². The number of fused-ring (bicyclic) bond motifs is 1. The van der Waals surface area contributed by atoms with E-state index in [1.54, 1.807) is 12.1 Å². The molecule has 3 rings (SSSR count). The van der Waals surface area contributed by atoms with Crippen molar-refractivity contribution in [1.29, 1.82) is 0 Å². The van der Waals surface area contributed by atoms with E-state index in [4.69, 9.17) is 9.57 Å². The molecule has 0 bridgehead atoms. The largest absolute Gasteiger partial charge is 0.379 e. The molecule has 80 valence electrons. The van der Waals surface area contributed by atoms with E-state index >= 15 is 0 Å². The lowest BCUT2D eigenvalue weighted by molar-refractivity contribution is 0.0242. The second kappa shape index (κ2) is 3.27. The maximum Gasteiger partial charge on any atom is 0.128 e. The molecule has 2 unspecified atom stereocenters. The average molecular weight is 209 g/mol. The van der Waals surface area contributed by atoms with Gasteiger partial charge in [-0.05, 0) is 6.07 Å². The van der Waals surface area contributed by atoms with Crippen LogP contribution in [0.3, 0.4) is 0 Å². The highest BCUT2D eigenvalue weighted by molar-refractivity contribution is 5.29. The van der Waals surface area contributed by atoms with Crippen LogP contribution < -0.4 is 5.48 Å². The highest BCUT2D eigenvalue weighted by Crippen LogP contribution is 2.40. The molecular formula is C11H12FNO2. The molecule has 0 aromatic heterocycles. The molecule has 0 amide bonds. The third kappa shape index (κ3) is 1.22. The molecule has 0 radical (unpaired) electrons. The molecule has 1 aromatic rings. The Balaban J connectivity index is 2.08. The second-order valence-electron chi connectivity index (χ2n) is 4.08. The van der Waals surface area contributed by atoms with Crippen molar-refractivity contribution < 1.29 is 14.0 Å². The van der Waals surface area contributed by atoms with Crippen molar-refractivity contribution in [3.63, 3.8) is 0 Å². The van der Waals surface area contributed by atoms with Crippen molar-refractivity contribution in [2.24, 2.45) is 5.92 Å². The average Bonchev–Trinajstić information content (AvgIpc) is 2.77. The normalized spacial score (nSPS) is 34.3. The van der Waals surface area contributed by atoms with Gasteiger partial charge in [-0.1, -0.05) is 18.2 Å². The minimum atomic E-state index is -0.481. The number of rotatable bonds is 1. The highest BCUT2D eigenvalue weighted by atomic mass is 19.1. The predicted octanol–water partition coefficient (Wildman–Crippen LogP) is 1.20. The molecule has 15 heavy (non-hydrogen) atoms. The summed E-state index contributed by atoms with van der Waals surface area (Å²) in [5.41, 5.74) is 3.09. The minimum Gasteiger partial charge on any atom is -0.379 e. The fraction of sp³-hybridized carbons (Fsp3) is 0.455. The number of nitrogens with one attached hydrogen (secondary N) is 1. The van der Waals surface area contributed by atoms with Gasteiger partial charge in [0.05, 0.1) is 19.8 Å². The van der Waals surface area contributed by atoms with Gasteiger partial charge in [0, 0.05) is 11.5 Å². The molecular weight excluding hydrogens is 197 g/mol. The minimum absolute atomic E-state index is 0.203. The first-order valence-electron chi connectivity index (χ1n) is 5.05. The summed E-state index contributed by atoms with van der Waals surface area (Å²) in [5.74, 6) is 0.000370. The fourth-order valence-electron chi connectivity index (χ4n) is 2.37. The molecule has 2 saturated heterocycles. The van der Waals surface area contributed by atoms with Crippen LogP contribution in [0, 0.1) is 11.7 Å². The van der Waals surface area contributed by atoms with Crippen LogP contribution in [-0.4, -0.2) is 19.8 Å². The molecule has 1 N–H and O–H groups in total. The Morgan fingerprint density at radius 1 is 1.33 bits per heavy atom. The maximum atomic E-state index is 13.7. The van der Waals surface area contributed by atoms with Crippen molar-refractivity contribution in [3.05, 3.63) is 35.6 Å². The molecule has 2 atom stereocenters. The molecule has 0 saturated carbocycles. The maximum absolute atomic E-state index is 13.7. The van der Waals surface area contributed by atoms with Gasteiger partial charge in [0.2, 0.25) is 0 Å². The Morgan fingerprint density at radius 2 is 2.20 bits per heavy atom. The quantitative estimate of drug-likeness (QED) is 0.754. The first-order valence-corrected chi connectivity index (χ1v) is 5.05. The van der Waals surface area contributed by atoms with Crippen molar-refractivity contribution in [3.8, 4) is 0 Å². The molecule has 2 aliphatic rings. The predicted molar refractivity (Wildman–Crippen MR) is 51.5 cm³/mol. The molecule has 2 fully saturated rings. The van der Waals surface area contributed by atoms with Crippen LogP contribution in [-0.2, 0) is 15.1 Å². The Kier molecular flexibility index (Phi) is 2.02. The lowest BCUT2D eigenvalue weighted by atomic mass is 9.82. The van der Waals surface area contributed by atoms with E-state index in [0.717, 1.165) is 0 Å². The van der Waals surface area contributed by atoms with Crippen LogP contribution in [0.5, 0.6) is 0 Å². The van der Waals surface area contributed by atoms with Crippen LogP contribution in [0.4, 0.5) is 4.39 Å². The summed E-state index contributed by atoms with van der Waals surface area (Å²) in [7, 11) is 0. The topological polar surface area (TPSA) is 30.5 Å². The zero-order chi connectivity index (χ0) is 10.3. The van der Waals surface area contributed by atoms with Crippen LogP contribution in [0.1, 0.15) is 5.56 Å². The summed E-state index contributed by atoms with van der Waals surface area (Å²) in [6.45, 7) is 1.67. The van der Waals surface area contributed by atoms with E-state index in [1.165, 1.54) is 6.07 Å². The fourth-order valence-corrected chi connectivity index (χ4v) is 2.37. The van der Waals surface area contributed by atoms with Gasteiger partial charge in [0.25, 0.3) is 0 Å². The van der Waals surface area contributed by atoms with E-state index in [-0.39, 0.29) is 11.7 Å². The molecule has 4 heteroatoms. The van der Waals surface area contributed by atoms with Crippen LogP contribution in [0.2, 0.25) is 0 Å². The van der Waals surface area contributed by atoms with Crippen molar-refractivity contribution >= 4 is 0 Å².